The molecule has 2 unspecified atom stereocenters. The van der Waals surface area contributed by atoms with Gasteiger partial charge in [-0.2, -0.15) is 0 Å². The predicted molar refractivity (Wildman–Crippen MR) is 177 cm³/mol. The normalized spacial score (nSPS) is 17.5. The summed E-state index contributed by atoms with van der Waals surface area (Å²) in [4.78, 5) is 9.37. The fourth-order valence-corrected chi connectivity index (χ4v) is 7.45. The third kappa shape index (κ3) is 3.25. The molecule has 2 atom stereocenters. The van der Waals surface area contributed by atoms with Gasteiger partial charge in [0.2, 0.25) is 0 Å². The zero-order chi connectivity index (χ0) is 28.1. The minimum Gasteiger partial charge on any atom is -0.485 e. The van der Waals surface area contributed by atoms with E-state index in [0.29, 0.717) is 0 Å². The Morgan fingerprint density at radius 2 is 1.35 bits per heavy atom. The van der Waals surface area contributed by atoms with Crippen molar-refractivity contribution in [3.63, 3.8) is 0 Å². The number of ether oxygens (including phenoxy) is 1. The predicted octanol–water partition coefficient (Wildman–Crippen LogP) is 9.85. The van der Waals surface area contributed by atoms with Gasteiger partial charge in [0.1, 0.15) is 11.9 Å². The van der Waals surface area contributed by atoms with Crippen LogP contribution in [0.4, 0.5) is 0 Å². The number of nitrogens with zero attached hydrogens (tertiary/aromatic N) is 2. The van der Waals surface area contributed by atoms with Gasteiger partial charge in [-0.3, -0.25) is 9.97 Å². The van der Waals surface area contributed by atoms with E-state index in [-0.39, 0.29) is 12.0 Å². The van der Waals surface area contributed by atoms with Gasteiger partial charge in [-0.1, -0.05) is 84.9 Å². The van der Waals surface area contributed by atoms with Crippen LogP contribution in [-0.2, 0) is 0 Å². The molecule has 8 aromatic rings. The van der Waals surface area contributed by atoms with E-state index in [0.717, 1.165) is 33.1 Å². The summed E-state index contributed by atoms with van der Waals surface area (Å²) in [6.07, 6.45) is 10.6. The van der Waals surface area contributed by atoms with Crippen LogP contribution in [-0.4, -0.2) is 16.1 Å². The first-order chi connectivity index (χ1) is 21.3. The van der Waals surface area contributed by atoms with E-state index < -0.39 is 0 Å². The highest BCUT2D eigenvalue weighted by atomic mass is 16.5. The molecule has 3 heteroatoms. The number of hydrogen-bond acceptors (Lipinski definition) is 3. The fourth-order valence-electron chi connectivity index (χ4n) is 7.45. The largest absolute Gasteiger partial charge is 0.485 e. The lowest BCUT2D eigenvalue weighted by Gasteiger charge is -2.21. The van der Waals surface area contributed by atoms with Crippen LogP contribution in [0.25, 0.3) is 70.8 Å². The topological polar surface area (TPSA) is 35.0 Å². The molecule has 1 aliphatic heterocycles. The van der Waals surface area contributed by atoms with Crippen molar-refractivity contribution >= 4 is 59.7 Å². The lowest BCUT2D eigenvalue weighted by atomic mass is 9.83. The summed E-state index contributed by atoms with van der Waals surface area (Å²) in [7, 11) is 0. The molecule has 0 saturated heterocycles. The van der Waals surface area contributed by atoms with Crippen LogP contribution in [0.5, 0.6) is 5.75 Å². The molecule has 0 amide bonds. The Morgan fingerprint density at radius 1 is 0.581 bits per heavy atom. The van der Waals surface area contributed by atoms with E-state index in [1.165, 1.54) is 54.6 Å². The van der Waals surface area contributed by atoms with Gasteiger partial charge in [-0.15, -0.1) is 0 Å². The highest BCUT2D eigenvalue weighted by Gasteiger charge is 2.34. The number of pyridine rings is 2. The minimum absolute atomic E-state index is 0.00648. The molecule has 10 rings (SSSR count). The molecule has 0 radical (unpaired) electrons. The SMILES string of the molecule is C1=CC2Oc3ccc(-c4cc5cccnc5c5ncccc45)cc3C2C=C1c1ccc2ccc3cccc4ccc1c2c34. The van der Waals surface area contributed by atoms with E-state index in [9.17, 15) is 0 Å². The molecule has 1 aliphatic carbocycles. The summed E-state index contributed by atoms with van der Waals surface area (Å²) in [5, 5.41) is 10.1. The van der Waals surface area contributed by atoms with Gasteiger partial charge in [-0.25, -0.2) is 0 Å². The monoisotopic (exact) mass is 548 g/mol. The third-order valence-corrected chi connectivity index (χ3v) is 9.42. The van der Waals surface area contributed by atoms with Gasteiger partial charge in [0.15, 0.2) is 0 Å². The van der Waals surface area contributed by atoms with Crippen LogP contribution >= 0.6 is 0 Å². The third-order valence-electron chi connectivity index (χ3n) is 9.42. The first kappa shape index (κ1) is 23.1. The average molecular weight is 549 g/mol. The van der Waals surface area contributed by atoms with Gasteiger partial charge in [0.25, 0.3) is 0 Å². The smallest absolute Gasteiger partial charge is 0.128 e. The zero-order valence-corrected chi connectivity index (χ0v) is 23.2. The maximum atomic E-state index is 6.47. The minimum atomic E-state index is -0.00648. The summed E-state index contributed by atoms with van der Waals surface area (Å²) >= 11 is 0. The van der Waals surface area contributed by atoms with Gasteiger partial charge < -0.3 is 4.74 Å². The Hall–Kier alpha value is -5.54. The van der Waals surface area contributed by atoms with E-state index in [4.69, 9.17) is 9.72 Å². The number of hydrogen-bond donors (Lipinski definition) is 0. The Kier molecular flexibility index (Phi) is 4.56. The summed E-state index contributed by atoms with van der Waals surface area (Å²) in [6.45, 7) is 0. The van der Waals surface area contributed by atoms with Crippen molar-refractivity contribution in [2.24, 2.45) is 0 Å². The highest BCUT2D eigenvalue weighted by molar-refractivity contribution is 6.24. The molecule has 43 heavy (non-hydrogen) atoms. The second kappa shape index (κ2) is 8.50. The number of benzene rings is 6. The molecule has 0 saturated carbocycles. The van der Waals surface area contributed by atoms with Gasteiger partial charge >= 0.3 is 0 Å². The number of rotatable bonds is 2. The average Bonchev–Trinajstić information content (AvgIpc) is 3.44. The molecule has 0 spiro atoms. The fraction of sp³-hybridized carbons (Fsp3) is 0.0500. The van der Waals surface area contributed by atoms with E-state index >= 15 is 0 Å². The molecule has 200 valence electrons. The Morgan fingerprint density at radius 3 is 2.26 bits per heavy atom. The van der Waals surface area contributed by atoms with E-state index in [2.05, 4.69) is 114 Å². The van der Waals surface area contributed by atoms with Crippen LogP contribution in [0.1, 0.15) is 17.0 Å². The molecule has 2 aliphatic rings. The zero-order valence-electron chi connectivity index (χ0n) is 23.2. The lowest BCUT2D eigenvalue weighted by molar-refractivity contribution is 0.269. The summed E-state index contributed by atoms with van der Waals surface area (Å²) < 4.78 is 6.47. The van der Waals surface area contributed by atoms with Crippen LogP contribution < -0.4 is 4.74 Å². The number of fused-ring (bicyclic) bond motifs is 6. The summed E-state index contributed by atoms with van der Waals surface area (Å²) in [5.74, 6) is 1.10. The molecular weight excluding hydrogens is 524 g/mol. The second-order valence-corrected chi connectivity index (χ2v) is 11.7. The molecule has 2 aromatic heterocycles. The first-order valence-corrected chi connectivity index (χ1v) is 14.8. The number of aromatic nitrogens is 2. The van der Waals surface area contributed by atoms with Crippen molar-refractivity contribution in [2.75, 3.05) is 0 Å². The van der Waals surface area contributed by atoms with Gasteiger partial charge in [0.05, 0.1) is 11.0 Å². The summed E-state index contributed by atoms with van der Waals surface area (Å²) in [5.41, 5.74) is 7.94. The second-order valence-electron chi connectivity index (χ2n) is 11.7. The Bertz CT molecular complexity index is 2490. The summed E-state index contributed by atoms with van der Waals surface area (Å²) in [6, 6.07) is 37.3. The molecule has 0 fully saturated rings. The molecule has 3 nitrogen and oxygen atoms in total. The Labute approximate surface area is 247 Å². The van der Waals surface area contributed by atoms with Gasteiger partial charge in [-0.05, 0) is 91.0 Å². The molecule has 3 heterocycles. The van der Waals surface area contributed by atoms with Crippen LogP contribution in [0.15, 0.2) is 134 Å². The Balaban J connectivity index is 1.13. The van der Waals surface area contributed by atoms with E-state index in [1.54, 1.807) is 0 Å². The van der Waals surface area contributed by atoms with Crippen molar-refractivity contribution in [3.05, 3.63) is 145 Å². The van der Waals surface area contributed by atoms with Crippen molar-refractivity contribution in [1.29, 1.82) is 0 Å². The standard InChI is InChI=1S/C40H24N2O/c1-4-23-8-9-25-10-14-29(30-15-11-24(5-1)37(23)38(25)30)26-12-16-35-33(20-26)34-21-27(13-17-36(34)43-35)32-22-28-6-2-18-41-39(28)40-31(32)7-3-19-42-40/h1-22,33,35H. The lowest BCUT2D eigenvalue weighted by Crippen LogP contribution is -2.17. The number of allylic oxidation sites excluding steroid dienone is 2. The van der Waals surface area contributed by atoms with Crippen molar-refractivity contribution in [3.8, 4) is 16.9 Å². The quantitative estimate of drug-likeness (QED) is 0.202. The van der Waals surface area contributed by atoms with Crippen molar-refractivity contribution < 1.29 is 4.74 Å². The van der Waals surface area contributed by atoms with Crippen molar-refractivity contribution in [2.45, 2.75) is 12.0 Å². The molecule has 0 bridgehead atoms. The first-order valence-electron chi connectivity index (χ1n) is 14.8. The van der Waals surface area contributed by atoms with Crippen LogP contribution in [0, 0.1) is 0 Å². The maximum Gasteiger partial charge on any atom is 0.128 e. The molecule has 6 aromatic carbocycles. The molecule has 0 N–H and O–H groups in total. The highest BCUT2D eigenvalue weighted by Crippen LogP contribution is 2.47. The van der Waals surface area contributed by atoms with Crippen LogP contribution in [0.2, 0.25) is 0 Å². The molecular formula is C40H24N2O. The van der Waals surface area contributed by atoms with E-state index in [1.807, 2.05) is 24.5 Å². The van der Waals surface area contributed by atoms with Gasteiger partial charge in [0, 0.05) is 34.6 Å². The van der Waals surface area contributed by atoms with Crippen molar-refractivity contribution in [1.82, 2.24) is 9.97 Å². The van der Waals surface area contributed by atoms with Crippen LogP contribution in [0.3, 0.4) is 0 Å². The maximum absolute atomic E-state index is 6.47.